The second kappa shape index (κ2) is 7.76. The Morgan fingerprint density at radius 3 is 2.78 bits per heavy atom. The fourth-order valence-electron chi connectivity index (χ4n) is 3.39. The maximum atomic E-state index is 14.6. The van der Waals surface area contributed by atoms with E-state index in [-0.39, 0.29) is 24.5 Å². The van der Waals surface area contributed by atoms with Crippen LogP contribution in [0.15, 0.2) is 30.3 Å². The summed E-state index contributed by atoms with van der Waals surface area (Å²) in [5.41, 5.74) is 1.69. The van der Waals surface area contributed by atoms with Gasteiger partial charge in [0.15, 0.2) is 6.10 Å². The van der Waals surface area contributed by atoms with Gasteiger partial charge >= 0.3 is 5.97 Å². The molecular weight excluding hydrogens is 354 g/mol. The number of aryl methyl sites for hydroxylation is 2. The number of hydrogen-bond acceptors (Lipinski definition) is 4. The van der Waals surface area contributed by atoms with Crippen LogP contribution in [0.5, 0.6) is 0 Å². The van der Waals surface area contributed by atoms with E-state index in [9.17, 15) is 18.7 Å². The van der Waals surface area contributed by atoms with Gasteiger partial charge in [-0.1, -0.05) is 25.1 Å². The van der Waals surface area contributed by atoms with Crippen LogP contribution in [0.3, 0.4) is 0 Å². The number of aliphatic hydroxyl groups is 1. The van der Waals surface area contributed by atoms with E-state index in [2.05, 4.69) is 5.10 Å². The molecule has 0 fully saturated rings. The molecule has 0 radical (unpaired) electrons. The van der Waals surface area contributed by atoms with Crippen LogP contribution in [0.2, 0.25) is 0 Å². The third kappa shape index (κ3) is 4.03. The van der Waals surface area contributed by atoms with Crippen molar-refractivity contribution in [3.8, 4) is 0 Å². The molecule has 1 aromatic heterocycles. The minimum absolute atomic E-state index is 0.0673. The second-order valence-electron chi connectivity index (χ2n) is 7.16. The van der Waals surface area contributed by atoms with Gasteiger partial charge in [-0.2, -0.15) is 5.10 Å². The van der Waals surface area contributed by atoms with Crippen LogP contribution in [0.1, 0.15) is 53.2 Å². The summed E-state index contributed by atoms with van der Waals surface area (Å²) in [5.74, 6) is -3.81. The van der Waals surface area contributed by atoms with Crippen molar-refractivity contribution in [2.75, 3.05) is 6.61 Å². The monoisotopic (exact) mass is 378 g/mol. The van der Waals surface area contributed by atoms with Gasteiger partial charge in [0, 0.05) is 30.8 Å². The molecule has 1 aliphatic carbocycles. The predicted molar refractivity (Wildman–Crippen MR) is 95.7 cm³/mol. The summed E-state index contributed by atoms with van der Waals surface area (Å²) in [6.07, 6.45) is -1.17. The number of nitrogens with zero attached hydrogens (tertiary/aromatic N) is 2. The van der Waals surface area contributed by atoms with Crippen LogP contribution in [0.4, 0.5) is 8.78 Å². The Bertz CT molecular complexity index is 805. The topological polar surface area (TPSA) is 64.3 Å². The lowest BCUT2D eigenvalue weighted by Crippen LogP contribution is -2.35. The summed E-state index contributed by atoms with van der Waals surface area (Å²) < 4.78 is 36.3. The number of ether oxygens (including phenoxy) is 1. The Hall–Kier alpha value is -2.28. The highest BCUT2D eigenvalue weighted by Gasteiger charge is 2.49. The number of aromatic nitrogens is 2. The highest BCUT2D eigenvalue weighted by Crippen LogP contribution is 2.45. The average Bonchev–Trinajstić information content (AvgIpc) is 2.98. The molecule has 1 aliphatic rings. The lowest BCUT2D eigenvalue weighted by atomic mass is 9.89. The molecule has 146 valence electrons. The molecule has 1 heterocycles. The van der Waals surface area contributed by atoms with Gasteiger partial charge in [0.1, 0.15) is 0 Å². The van der Waals surface area contributed by atoms with Crippen molar-refractivity contribution < 1.29 is 23.4 Å². The first-order chi connectivity index (χ1) is 12.8. The van der Waals surface area contributed by atoms with Crippen molar-refractivity contribution >= 4 is 5.97 Å². The Morgan fingerprint density at radius 2 is 2.11 bits per heavy atom. The standard InChI is InChI=1S/C20H24F2N2O3/c1-13(12-25)9-11-24-16-8-10-20(21,22)18(17(16)14(2)23-24)27-19(26)15-6-4-3-5-7-15/h3-7,13,18,25H,8-12H2,1-2H3/t13?,18-/m0/s1. The van der Waals surface area contributed by atoms with Crippen molar-refractivity contribution in [1.29, 1.82) is 0 Å². The highest BCUT2D eigenvalue weighted by atomic mass is 19.3. The summed E-state index contributed by atoms with van der Waals surface area (Å²) in [6, 6.07) is 8.14. The van der Waals surface area contributed by atoms with Crippen LogP contribution in [0.25, 0.3) is 0 Å². The fraction of sp³-hybridized carbons (Fsp3) is 0.500. The van der Waals surface area contributed by atoms with E-state index < -0.39 is 24.4 Å². The van der Waals surface area contributed by atoms with Gasteiger partial charge in [0.05, 0.1) is 11.3 Å². The van der Waals surface area contributed by atoms with Crippen molar-refractivity contribution in [2.45, 2.75) is 51.7 Å². The number of carbonyl (C=O) groups excluding carboxylic acids is 1. The molecule has 1 unspecified atom stereocenters. The van der Waals surface area contributed by atoms with Crippen molar-refractivity contribution in [1.82, 2.24) is 9.78 Å². The molecule has 0 spiro atoms. The van der Waals surface area contributed by atoms with Crippen molar-refractivity contribution in [3.63, 3.8) is 0 Å². The van der Waals surface area contributed by atoms with Gasteiger partial charge in [-0.3, -0.25) is 4.68 Å². The van der Waals surface area contributed by atoms with E-state index in [1.807, 2.05) is 6.92 Å². The number of benzene rings is 1. The molecule has 3 rings (SSSR count). The SMILES string of the molecule is Cc1nn(CCC(C)CO)c2c1[C@H](OC(=O)c1ccccc1)C(F)(F)CC2. The molecule has 0 bridgehead atoms. The first kappa shape index (κ1) is 19.5. The highest BCUT2D eigenvalue weighted by molar-refractivity contribution is 5.89. The molecule has 2 aromatic rings. The first-order valence-corrected chi connectivity index (χ1v) is 9.14. The van der Waals surface area contributed by atoms with Gasteiger partial charge in [-0.15, -0.1) is 0 Å². The van der Waals surface area contributed by atoms with Gasteiger partial charge in [-0.25, -0.2) is 13.6 Å². The summed E-state index contributed by atoms with van der Waals surface area (Å²) in [7, 11) is 0. The van der Waals surface area contributed by atoms with Gasteiger partial charge in [-0.05, 0) is 37.8 Å². The molecular formula is C20H24F2N2O3. The van der Waals surface area contributed by atoms with E-state index in [1.54, 1.807) is 29.8 Å². The smallest absolute Gasteiger partial charge is 0.338 e. The lowest BCUT2D eigenvalue weighted by molar-refractivity contribution is -0.128. The van der Waals surface area contributed by atoms with Gasteiger partial charge in [0.2, 0.25) is 0 Å². The van der Waals surface area contributed by atoms with E-state index in [0.717, 1.165) is 0 Å². The quantitative estimate of drug-likeness (QED) is 0.779. The fourth-order valence-corrected chi connectivity index (χ4v) is 3.39. The lowest BCUT2D eigenvalue weighted by Gasteiger charge is -2.31. The summed E-state index contributed by atoms with van der Waals surface area (Å²) in [6.45, 7) is 4.18. The third-order valence-electron chi connectivity index (χ3n) is 5.00. The molecule has 5 nitrogen and oxygen atoms in total. The number of hydrogen-bond donors (Lipinski definition) is 1. The number of aliphatic hydroxyl groups excluding tert-OH is 1. The summed E-state index contributed by atoms with van der Waals surface area (Å²) in [5, 5.41) is 13.6. The van der Waals surface area contributed by atoms with Crippen LogP contribution in [-0.2, 0) is 17.7 Å². The number of fused-ring (bicyclic) bond motifs is 1. The maximum Gasteiger partial charge on any atom is 0.338 e. The average molecular weight is 378 g/mol. The Labute approximate surface area is 157 Å². The molecule has 0 saturated carbocycles. The van der Waals surface area contributed by atoms with E-state index in [4.69, 9.17) is 4.74 Å². The molecule has 1 N–H and O–H groups in total. The zero-order valence-electron chi connectivity index (χ0n) is 15.5. The predicted octanol–water partition coefficient (Wildman–Crippen LogP) is 3.69. The molecule has 2 atom stereocenters. The molecule has 0 saturated heterocycles. The van der Waals surface area contributed by atoms with Crippen LogP contribution >= 0.6 is 0 Å². The molecule has 27 heavy (non-hydrogen) atoms. The number of carbonyl (C=O) groups is 1. The second-order valence-corrected chi connectivity index (χ2v) is 7.16. The van der Waals surface area contributed by atoms with Crippen molar-refractivity contribution in [3.05, 3.63) is 52.8 Å². The van der Waals surface area contributed by atoms with Crippen LogP contribution < -0.4 is 0 Å². The van der Waals surface area contributed by atoms with Gasteiger partial charge < -0.3 is 9.84 Å². The van der Waals surface area contributed by atoms with Gasteiger partial charge in [0.25, 0.3) is 5.92 Å². The summed E-state index contributed by atoms with van der Waals surface area (Å²) in [4.78, 5) is 12.4. The van der Waals surface area contributed by atoms with Crippen LogP contribution in [0, 0.1) is 12.8 Å². The minimum atomic E-state index is -3.14. The molecule has 7 heteroatoms. The first-order valence-electron chi connectivity index (χ1n) is 9.14. The zero-order valence-corrected chi connectivity index (χ0v) is 15.5. The maximum absolute atomic E-state index is 14.6. The molecule has 0 amide bonds. The molecule has 1 aromatic carbocycles. The number of halogens is 2. The van der Waals surface area contributed by atoms with E-state index in [0.29, 0.717) is 29.9 Å². The zero-order chi connectivity index (χ0) is 19.6. The van der Waals surface area contributed by atoms with E-state index in [1.165, 1.54) is 12.1 Å². The van der Waals surface area contributed by atoms with Crippen LogP contribution in [-0.4, -0.2) is 33.4 Å². The number of rotatable bonds is 6. The Kier molecular flexibility index (Phi) is 5.60. The van der Waals surface area contributed by atoms with Crippen molar-refractivity contribution in [2.24, 2.45) is 5.92 Å². The Morgan fingerprint density at radius 1 is 1.41 bits per heavy atom. The Balaban J connectivity index is 1.89. The number of alkyl halides is 2. The molecule has 0 aliphatic heterocycles. The normalized spacial score (nSPS) is 19.4. The third-order valence-corrected chi connectivity index (χ3v) is 5.00. The minimum Gasteiger partial charge on any atom is -0.447 e. The van der Waals surface area contributed by atoms with E-state index >= 15 is 0 Å². The largest absolute Gasteiger partial charge is 0.447 e. The summed E-state index contributed by atoms with van der Waals surface area (Å²) >= 11 is 0. The number of esters is 1.